The largest absolute Gasteiger partial charge is 0.338 e. The average Bonchev–Trinajstić information content (AvgIpc) is 2.44. The minimum Gasteiger partial charge on any atom is -0.338 e. The third kappa shape index (κ3) is 5.65. The van der Waals surface area contributed by atoms with Crippen molar-refractivity contribution in [1.82, 2.24) is 5.06 Å². The summed E-state index contributed by atoms with van der Waals surface area (Å²) in [5.41, 5.74) is 2.21. The van der Waals surface area contributed by atoms with Gasteiger partial charge in [0.2, 0.25) is 0 Å². The fraction of sp³-hybridized carbons (Fsp3) is 0.400. The minimum atomic E-state index is -0.465. The highest BCUT2D eigenvalue weighted by molar-refractivity contribution is 5.79. The number of hydrogen-bond acceptors (Lipinski definition) is 4. The molecule has 0 bridgehead atoms. The normalized spacial score (nSPS) is 9.90. The number of carbonyl (C=O) groups excluding carboxylic acids is 3. The van der Waals surface area contributed by atoms with Crippen molar-refractivity contribution in [2.24, 2.45) is 0 Å². The molecule has 108 valence electrons. The van der Waals surface area contributed by atoms with Crippen molar-refractivity contribution in [2.45, 2.75) is 32.6 Å². The summed E-state index contributed by atoms with van der Waals surface area (Å²) in [6, 6.07) is 7.88. The third-order valence-electron chi connectivity index (χ3n) is 2.80. The molecule has 20 heavy (non-hydrogen) atoms. The van der Waals surface area contributed by atoms with Crippen LogP contribution in [0.25, 0.3) is 0 Å². The molecule has 5 heteroatoms. The lowest BCUT2D eigenvalue weighted by Gasteiger charge is -2.15. The second kappa shape index (κ2) is 8.09. The molecule has 0 aliphatic heterocycles. The van der Waals surface area contributed by atoms with Gasteiger partial charge in [0.05, 0.1) is 6.42 Å². The predicted molar refractivity (Wildman–Crippen MR) is 73.7 cm³/mol. The van der Waals surface area contributed by atoms with E-state index in [0.29, 0.717) is 12.7 Å². The van der Waals surface area contributed by atoms with Crippen molar-refractivity contribution in [3.05, 3.63) is 35.4 Å². The smallest absolute Gasteiger partial charge is 0.332 e. The lowest BCUT2D eigenvalue weighted by atomic mass is 10.1. The van der Waals surface area contributed by atoms with Gasteiger partial charge in [-0.3, -0.25) is 4.79 Å². The van der Waals surface area contributed by atoms with E-state index in [4.69, 9.17) is 4.84 Å². The van der Waals surface area contributed by atoms with Crippen molar-refractivity contribution in [3.8, 4) is 0 Å². The van der Waals surface area contributed by atoms with Crippen LogP contribution in [-0.4, -0.2) is 30.3 Å². The Bertz CT molecular complexity index is 467. The molecule has 0 saturated heterocycles. The van der Waals surface area contributed by atoms with Crippen LogP contribution >= 0.6 is 0 Å². The van der Waals surface area contributed by atoms with Gasteiger partial charge in [-0.25, -0.2) is 4.79 Å². The van der Waals surface area contributed by atoms with Gasteiger partial charge in [0, 0.05) is 19.9 Å². The number of amides is 1. The van der Waals surface area contributed by atoms with Crippen LogP contribution in [0.2, 0.25) is 0 Å². The first-order chi connectivity index (χ1) is 9.52. The molecule has 0 atom stereocenters. The SMILES string of the molecule is Cc1ccc(CCC(=O)ON(C)C(=O)CCC=O)cc1. The highest BCUT2D eigenvalue weighted by Gasteiger charge is 2.13. The van der Waals surface area contributed by atoms with E-state index in [1.165, 1.54) is 7.05 Å². The Morgan fingerprint density at radius 1 is 1.20 bits per heavy atom. The molecule has 1 aromatic carbocycles. The minimum absolute atomic E-state index is 0.0469. The molecule has 0 aliphatic rings. The van der Waals surface area contributed by atoms with E-state index >= 15 is 0 Å². The van der Waals surface area contributed by atoms with Crippen molar-refractivity contribution < 1.29 is 19.2 Å². The van der Waals surface area contributed by atoms with Crippen LogP contribution in [0.4, 0.5) is 0 Å². The molecule has 5 nitrogen and oxygen atoms in total. The monoisotopic (exact) mass is 277 g/mol. The first kappa shape index (κ1) is 15.9. The van der Waals surface area contributed by atoms with Crippen molar-refractivity contribution >= 4 is 18.2 Å². The van der Waals surface area contributed by atoms with Crippen LogP contribution in [-0.2, 0) is 25.6 Å². The number of carbonyl (C=O) groups is 3. The molecule has 1 amide bonds. The van der Waals surface area contributed by atoms with Crippen LogP contribution in [0.3, 0.4) is 0 Å². The summed E-state index contributed by atoms with van der Waals surface area (Å²) in [5, 5.41) is 0.890. The summed E-state index contributed by atoms with van der Waals surface area (Å²) in [7, 11) is 1.37. The van der Waals surface area contributed by atoms with Gasteiger partial charge >= 0.3 is 5.97 Å². The first-order valence-corrected chi connectivity index (χ1v) is 6.49. The van der Waals surface area contributed by atoms with E-state index in [1.807, 2.05) is 31.2 Å². The second-order valence-corrected chi connectivity index (χ2v) is 4.55. The van der Waals surface area contributed by atoms with Gasteiger partial charge in [0.25, 0.3) is 5.91 Å². The summed E-state index contributed by atoms with van der Waals surface area (Å²) >= 11 is 0. The van der Waals surface area contributed by atoms with E-state index in [-0.39, 0.29) is 25.2 Å². The second-order valence-electron chi connectivity index (χ2n) is 4.55. The number of aldehydes is 1. The number of benzene rings is 1. The maximum atomic E-state index is 11.6. The zero-order chi connectivity index (χ0) is 15.0. The topological polar surface area (TPSA) is 63.7 Å². The molecular weight excluding hydrogens is 258 g/mol. The van der Waals surface area contributed by atoms with Crippen LogP contribution in [0, 0.1) is 6.92 Å². The molecule has 0 radical (unpaired) electrons. The van der Waals surface area contributed by atoms with Gasteiger partial charge in [-0.2, -0.15) is 5.06 Å². The standard InChI is InChI=1S/C15H19NO4/c1-12-5-7-13(8-6-12)9-10-15(19)20-16(2)14(18)4-3-11-17/h5-8,11H,3-4,9-10H2,1-2H3. The Labute approximate surface area is 118 Å². The highest BCUT2D eigenvalue weighted by Crippen LogP contribution is 2.07. The molecule has 0 unspecified atom stereocenters. The summed E-state index contributed by atoms with van der Waals surface area (Å²) in [4.78, 5) is 38.1. The predicted octanol–water partition coefficient (Wildman–Crippen LogP) is 1.82. The Kier molecular flexibility index (Phi) is 6.43. The highest BCUT2D eigenvalue weighted by atomic mass is 16.7. The van der Waals surface area contributed by atoms with Gasteiger partial charge < -0.3 is 9.63 Å². The van der Waals surface area contributed by atoms with E-state index < -0.39 is 5.97 Å². The zero-order valence-corrected chi connectivity index (χ0v) is 11.8. The quantitative estimate of drug-likeness (QED) is 0.588. The third-order valence-corrected chi connectivity index (χ3v) is 2.80. The summed E-state index contributed by atoms with van der Waals surface area (Å²) in [6.07, 6.45) is 1.60. The fourth-order valence-electron chi connectivity index (χ4n) is 1.59. The Morgan fingerprint density at radius 3 is 2.45 bits per heavy atom. The van der Waals surface area contributed by atoms with Gasteiger partial charge in [0.1, 0.15) is 6.29 Å². The van der Waals surface area contributed by atoms with Gasteiger partial charge in [0.15, 0.2) is 0 Å². The van der Waals surface area contributed by atoms with E-state index in [9.17, 15) is 14.4 Å². The Balaban J connectivity index is 2.34. The zero-order valence-electron chi connectivity index (χ0n) is 11.8. The molecule has 0 aromatic heterocycles. The molecule has 0 heterocycles. The first-order valence-electron chi connectivity index (χ1n) is 6.49. The maximum absolute atomic E-state index is 11.6. The van der Waals surface area contributed by atoms with Gasteiger partial charge in [-0.05, 0) is 18.9 Å². The molecule has 0 aliphatic carbocycles. The van der Waals surface area contributed by atoms with Crippen LogP contribution in [0.5, 0.6) is 0 Å². The molecule has 0 N–H and O–H groups in total. The molecule has 1 aromatic rings. The molecule has 0 spiro atoms. The number of hydroxylamine groups is 2. The van der Waals surface area contributed by atoms with E-state index in [0.717, 1.165) is 16.2 Å². The number of aryl methyl sites for hydroxylation is 2. The lowest BCUT2D eigenvalue weighted by molar-refractivity contribution is -0.192. The van der Waals surface area contributed by atoms with E-state index in [2.05, 4.69) is 0 Å². The Hall–Kier alpha value is -2.17. The van der Waals surface area contributed by atoms with Crippen LogP contribution < -0.4 is 0 Å². The fourth-order valence-corrected chi connectivity index (χ4v) is 1.59. The molecule has 0 saturated carbocycles. The lowest BCUT2D eigenvalue weighted by Crippen LogP contribution is -2.29. The molecule has 0 fully saturated rings. The number of rotatable bonds is 6. The van der Waals surface area contributed by atoms with Crippen molar-refractivity contribution in [3.63, 3.8) is 0 Å². The van der Waals surface area contributed by atoms with Gasteiger partial charge in [-0.1, -0.05) is 29.8 Å². The van der Waals surface area contributed by atoms with Gasteiger partial charge in [-0.15, -0.1) is 0 Å². The summed E-state index contributed by atoms with van der Waals surface area (Å²) in [6.45, 7) is 2.00. The summed E-state index contributed by atoms with van der Waals surface area (Å²) < 4.78 is 0. The van der Waals surface area contributed by atoms with Crippen molar-refractivity contribution in [2.75, 3.05) is 7.05 Å². The van der Waals surface area contributed by atoms with Crippen LogP contribution in [0.15, 0.2) is 24.3 Å². The number of hydrogen-bond donors (Lipinski definition) is 0. The Morgan fingerprint density at radius 2 is 1.85 bits per heavy atom. The molecule has 1 rings (SSSR count). The maximum Gasteiger partial charge on any atom is 0.332 e. The summed E-state index contributed by atoms with van der Waals surface area (Å²) in [5.74, 6) is -0.853. The average molecular weight is 277 g/mol. The molecular formula is C15H19NO4. The van der Waals surface area contributed by atoms with Crippen molar-refractivity contribution in [1.29, 1.82) is 0 Å². The van der Waals surface area contributed by atoms with Crippen LogP contribution in [0.1, 0.15) is 30.4 Å². The van der Waals surface area contributed by atoms with E-state index in [1.54, 1.807) is 0 Å². The number of nitrogens with zero attached hydrogens (tertiary/aromatic N) is 1.